The highest BCUT2D eigenvalue weighted by Crippen LogP contribution is 2.36. The Morgan fingerprint density at radius 3 is 2.56 bits per heavy atom. The van der Waals surface area contributed by atoms with Gasteiger partial charge in [-0.2, -0.15) is 5.11 Å². The first-order chi connectivity index (χ1) is 19.8. The van der Waals surface area contributed by atoms with Crippen molar-refractivity contribution in [3.8, 4) is 0 Å². The predicted octanol–water partition coefficient (Wildman–Crippen LogP) is 3.90. The third-order valence-electron chi connectivity index (χ3n) is 6.92. The van der Waals surface area contributed by atoms with Crippen molar-refractivity contribution in [1.29, 1.82) is 0 Å². The zero-order chi connectivity index (χ0) is 29.1. The van der Waals surface area contributed by atoms with Gasteiger partial charge in [-0.05, 0) is 60.0 Å². The number of benzene rings is 3. The Morgan fingerprint density at radius 2 is 1.83 bits per heavy atom. The van der Waals surface area contributed by atoms with Crippen LogP contribution in [-0.2, 0) is 16.0 Å². The third kappa shape index (κ3) is 5.70. The number of anilines is 3. The number of hydrogen-bond donors (Lipinski definition) is 4. The minimum absolute atomic E-state index is 0.0391. The minimum atomic E-state index is -1.10. The van der Waals surface area contributed by atoms with Crippen LogP contribution in [0.2, 0.25) is 5.02 Å². The third-order valence-corrected chi connectivity index (χ3v) is 7.21. The monoisotopic (exact) mass is 580 g/mol. The number of carbonyl (C=O) groups is 3. The molecule has 0 radical (unpaired) electrons. The van der Waals surface area contributed by atoms with Gasteiger partial charge in [0.15, 0.2) is 11.9 Å². The van der Waals surface area contributed by atoms with E-state index in [4.69, 9.17) is 11.6 Å². The first-order valence-corrected chi connectivity index (χ1v) is 13.2. The molecule has 3 aromatic carbocycles. The average molecular weight is 581 g/mol. The largest absolute Gasteiger partial charge is 0.478 e. The second kappa shape index (κ2) is 11.9. The van der Waals surface area contributed by atoms with Crippen LogP contribution in [0.5, 0.6) is 0 Å². The molecule has 2 aliphatic rings. The standard InChI is InChI=1S/C28H26ClFN6O5/c29-20-4-2-6-23(24(20)30)36-15-22(33-34-36)27(39)35-13-11-18-19(3-1-5-21(18)31-12-14-37)25(35)26(38)32-17-9-7-16(8-10-17)28(40)41/h1-10,22,25,31,37H,11-15H2,(H,32,38)(H,40,41). The van der Waals surface area contributed by atoms with Gasteiger partial charge < -0.3 is 25.7 Å². The van der Waals surface area contributed by atoms with Gasteiger partial charge in [-0.25, -0.2) is 14.2 Å². The van der Waals surface area contributed by atoms with E-state index in [2.05, 4.69) is 21.0 Å². The Morgan fingerprint density at radius 1 is 1.07 bits per heavy atom. The van der Waals surface area contributed by atoms with Gasteiger partial charge in [-0.3, -0.25) is 9.59 Å². The molecule has 0 aliphatic carbocycles. The molecule has 2 unspecified atom stereocenters. The second-order valence-electron chi connectivity index (χ2n) is 9.46. The van der Waals surface area contributed by atoms with Crippen LogP contribution in [0.25, 0.3) is 0 Å². The predicted molar refractivity (Wildman–Crippen MR) is 150 cm³/mol. The molecule has 2 atom stereocenters. The van der Waals surface area contributed by atoms with Crippen molar-refractivity contribution in [3.63, 3.8) is 0 Å². The summed E-state index contributed by atoms with van der Waals surface area (Å²) in [6.07, 6.45) is 0.434. The number of carbonyl (C=O) groups excluding carboxylic acids is 2. The molecule has 0 spiro atoms. The number of nitrogens with zero attached hydrogens (tertiary/aromatic N) is 4. The summed E-state index contributed by atoms with van der Waals surface area (Å²) >= 11 is 5.91. The van der Waals surface area contributed by atoms with Crippen molar-refractivity contribution < 1.29 is 29.0 Å². The van der Waals surface area contributed by atoms with Gasteiger partial charge in [0.05, 0.1) is 29.4 Å². The van der Waals surface area contributed by atoms with E-state index in [0.29, 0.717) is 24.2 Å². The molecule has 0 saturated carbocycles. The molecule has 2 heterocycles. The molecule has 5 rings (SSSR count). The number of aromatic carboxylic acids is 1. The number of aliphatic hydroxyl groups excluding tert-OH is 1. The van der Waals surface area contributed by atoms with Gasteiger partial charge in [0.2, 0.25) is 0 Å². The highest BCUT2D eigenvalue weighted by atomic mass is 35.5. The number of hydrogen-bond acceptors (Lipinski definition) is 8. The average Bonchev–Trinajstić information content (AvgIpc) is 3.46. The summed E-state index contributed by atoms with van der Waals surface area (Å²) in [7, 11) is 0. The number of carboxylic acid groups (broad SMARTS) is 1. The zero-order valence-electron chi connectivity index (χ0n) is 21.6. The molecular formula is C28H26ClFN6O5. The topological polar surface area (TPSA) is 147 Å². The number of amides is 2. The lowest BCUT2D eigenvalue weighted by Crippen LogP contribution is -2.49. The van der Waals surface area contributed by atoms with E-state index in [1.165, 1.54) is 46.3 Å². The van der Waals surface area contributed by atoms with Gasteiger partial charge in [0, 0.05) is 24.5 Å². The van der Waals surface area contributed by atoms with E-state index in [0.717, 1.165) is 11.3 Å². The van der Waals surface area contributed by atoms with E-state index in [1.54, 1.807) is 18.2 Å². The number of carboxylic acids is 1. The van der Waals surface area contributed by atoms with Gasteiger partial charge in [0.1, 0.15) is 6.04 Å². The van der Waals surface area contributed by atoms with Crippen LogP contribution < -0.4 is 15.6 Å². The van der Waals surface area contributed by atoms with Crippen molar-refractivity contribution in [2.75, 3.05) is 41.9 Å². The summed E-state index contributed by atoms with van der Waals surface area (Å²) in [6.45, 7) is 0.380. The van der Waals surface area contributed by atoms with Crippen LogP contribution >= 0.6 is 11.6 Å². The minimum Gasteiger partial charge on any atom is -0.478 e. The smallest absolute Gasteiger partial charge is 0.335 e. The molecule has 4 N–H and O–H groups in total. The zero-order valence-corrected chi connectivity index (χ0v) is 22.4. The van der Waals surface area contributed by atoms with Crippen molar-refractivity contribution in [2.24, 2.45) is 10.3 Å². The quantitative estimate of drug-likeness (QED) is 0.316. The Labute approximate surface area is 239 Å². The number of aliphatic hydroxyl groups is 1. The van der Waals surface area contributed by atoms with Gasteiger partial charge >= 0.3 is 5.97 Å². The van der Waals surface area contributed by atoms with Crippen molar-refractivity contribution in [3.05, 3.63) is 88.2 Å². The van der Waals surface area contributed by atoms with Crippen molar-refractivity contribution >= 4 is 46.4 Å². The lowest BCUT2D eigenvalue weighted by molar-refractivity contribution is -0.140. The first kappa shape index (κ1) is 28.0. The fraction of sp³-hybridized carbons (Fsp3) is 0.250. The molecule has 0 fully saturated rings. The second-order valence-corrected chi connectivity index (χ2v) is 9.86. The molecule has 2 amide bonds. The van der Waals surface area contributed by atoms with Gasteiger partial charge in [-0.1, -0.05) is 35.0 Å². The Hall–Kier alpha value is -4.55. The fourth-order valence-corrected chi connectivity index (χ4v) is 5.14. The molecule has 212 valence electrons. The fourth-order valence-electron chi connectivity index (χ4n) is 4.97. The van der Waals surface area contributed by atoms with Crippen LogP contribution in [0.1, 0.15) is 27.5 Å². The van der Waals surface area contributed by atoms with Crippen LogP contribution in [0, 0.1) is 5.82 Å². The maximum absolute atomic E-state index is 14.6. The number of rotatable bonds is 8. The summed E-state index contributed by atoms with van der Waals surface area (Å²) in [5.41, 5.74) is 2.68. The van der Waals surface area contributed by atoms with E-state index in [9.17, 15) is 29.0 Å². The van der Waals surface area contributed by atoms with Gasteiger partial charge in [-0.15, -0.1) is 0 Å². The molecule has 0 bridgehead atoms. The first-order valence-electron chi connectivity index (χ1n) is 12.8. The van der Waals surface area contributed by atoms with Crippen LogP contribution in [-0.4, -0.2) is 65.2 Å². The number of halogens is 2. The van der Waals surface area contributed by atoms with Crippen LogP contribution in [0.4, 0.5) is 21.5 Å². The van der Waals surface area contributed by atoms with Crippen LogP contribution in [0.15, 0.2) is 71.0 Å². The molecule has 13 heteroatoms. The van der Waals surface area contributed by atoms with E-state index >= 15 is 0 Å². The highest BCUT2D eigenvalue weighted by molar-refractivity contribution is 6.31. The summed E-state index contributed by atoms with van der Waals surface area (Å²) in [6, 6.07) is 13.5. The van der Waals surface area contributed by atoms with E-state index < -0.39 is 35.7 Å². The molecule has 2 aliphatic heterocycles. The lowest BCUT2D eigenvalue weighted by atomic mass is 9.89. The normalized spacial score (nSPS) is 17.7. The van der Waals surface area contributed by atoms with E-state index in [-0.39, 0.29) is 36.0 Å². The van der Waals surface area contributed by atoms with Crippen molar-refractivity contribution in [1.82, 2.24) is 4.90 Å². The molecule has 3 aromatic rings. The Bertz CT molecular complexity index is 1520. The maximum Gasteiger partial charge on any atom is 0.335 e. The molecule has 0 aromatic heterocycles. The lowest BCUT2D eigenvalue weighted by Gasteiger charge is -2.38. The van der Waals surface area contributed by atoms with Crippen LogP contribution in [0.3, 0.4) is 0 Å². The highest BCUT2D eigenvalue weighted by Gasteiger charge is 2.41. The molecular weight excluding hydrogens is 555 g/mol. The number of fused-ring (bicyclic) bond motifs is 1. The molecule has 41 heavy (non-hydrogen) atoms. The summed E-state index contributed by atoms with van der Waals surface area (Å²) in [5, 5.41) is 33.7. The maximum atomic E-state index is 14.6. The summed E-state index contributed by atoms with van der Waals surface area (Å²) < 4.78 is 14.6. The summed E-state index contributed by atoms with van der Waals surface area (Å²) in [4.78, 5) is 40.2. The van der Waals surface area contributed by atoms with Crippen molar-refractivity contribution in [2.45, 2.75) is 18.5 Å². The van der Waals surface area contributed by atoms with E-state index in [1.807, 2.05) is 6.07 Å². The molecule has 11 nitrogen and oxygen atoms in total. The SMILES string of the molecule is O=C(O)c1ccc(NC(=O)C2c3cccc(NCCO)c3CCN2C(=O)C2CN(c3cccc(Cl)c3F)N=N2)cc1. The molecule has 0 saturated heterocycles. The Kier molecular flexibility index (Phi) is 8.13. The Balaban J connectivity index is 1.43. The van der Waals surface area contributed by atoms with Gasteiger partial charge in [0.25, 0.3) is 11.8 Å². The number of nitrogens with one attached hydrogen (secondary N) is 2. The summed E-state index contributed by atoms with van der Waals surface area (Å²) in [5.74, 6) is -2.74.